The van der Waals surface area contributed by atoms with Crippen molar-refractivity contribution in [2.24, 2.45) is 0 Å². The summed E-state index contributed by atoms with van der Waals surface area (Å²) in [5.41, 5.74) is 7.20. The minimum Gasteiger partial charge on any atom is -0.486 e. The Labute approximate surface area is 135 Å². The molecule has 2 aromatic carbocycles. The zero-order chi connectivity index (χ0) is 14.0. The lowest BCUT2D eigenvalue weighted by Gasteiger charge is -2.12. The molecule has 0 saturated heterocycles. The molecule has 2 aromatic rings. The summed E-state index contributed by atoms with van der Waals surface area (Å²) in [6, 6.07) is 8.01. The van der Waals surface area contributed by atoms with Gasteiger partial charge in [0.15, 0.2) is 0 Å². The molecule has 0 aromatic heterocycles. The molecule has 0 saturated carbocycles. The van der Waals surface area contributed by atoms with Crippen molar-refractivity contribution in [1.29, 1.82) is 0 Å². The van der Waals surface area contributed by atoms with E-state index in [1.807, 2.05) is 0 Å². The molecule has 0 aliphatic rings. The Morgan fingerprint density at radius 3 is 2.21 bits per heavy atom. The lowest BCUT2D eigenvalue weighted by molar-refractivity contribution is 0.301. The van der Waals surface area contributed by atoms with Gasteiger partial charge < -0.3 is 10.5 Å². The molecule has 0 radical (unpaired) electrons. The second kappa shape index (κ2) is 6.24. The minimum atomic E-state index is -0.287. The SMILES string of the molecule is Nc1cc(Br)c(OCc2ccc(F)cc2Br)c(Br)c1. The van der Waals surface area contributed by atoms with E-state index in [0.29, 0.717) is 22.5 Å². The highest BCUT2D eigenvalue weighted by Gasteiger charge is 2.09. The molecule has 0 atom stereocenters. The van der Waals surface area contributed by atoms with Crippen LogP contribution in [0.5, 0.6) is 5.75 Å². The van der Waals surface area contributed by atoms with Gasteiger partial charge in [-0.05, 0) is 56.1 Å². The van der Waals surface area contributed by atoms with E-state index in [1.165, 1.54) is 12.1 Å². The number of hydrogen-bond acceptors (Lipinski definition) is 2. The predicted octanol–water partition coefficient (Wildman–Crippen LogP) is 5.27. The van der Waals surface area contributed by atoms with Gasteiger partial charge in [-0.1, -0.05) is 22.0 Å². The third kappa shape index (κ3) is 3.70. The van der Waals surface area contributed by atoms with E-state index < -0.39 is 0 Å². The molecule has 0 aliphatic heterocycles. The Kier molecular flexibility index (Phi) is 4.86. The highest BCUT2D eigenvalue weighted by Crippen LogP contribution is 2.36. The zero-order valence-electron chi connectivity index (χ0n) is 9.59. The average molecular weight is 454 g/mol. The first-order valence-corrected chi connectivity index (χ1v) is 7.66. The molecule has 0 heterocycles. The van der Waals surface area contributed by atoms with Crippen LogP contribution in [0.1, 0.15) is 5.56 Å². The van der Waals surface area contributed by atoms with Crippen LogP contribution in [0.25, 0.3) is 0 Å². The number of benzene rings is 2. The summed E-state index contributed by atoms with van der Waals surface area (Å²) in [6.07, 6.45) is 0. The maximum Gasteiger partial charge on any atom is 0.148 e. The van der Waals surface area contributed by atoms with Crippen LogP contribution in [0.15, 0.2) is 43.7 Å². The third-order valence-corrected chi connectivity index (χ3v) is 4.32. The van der Waals surface area contributed by atoms with E-state index in [-0.39, 0.29) is 5.82 Å². The van der Waals surface area contributed by atoms with Crippen LogP contribution in [0.4, 0.5) is 10.1 Å². The van der Waals surface area contributed by atoms with Gasteiger partial charge >= 0.3 is 0 Å². The van der Waals surface area contributed by atoms with Crippen LogP contribution in [-0.2, 0) is 6.61 Å². The van der Waals surface area contributed by atoms with Gasteiger partial charge in [0.05, 0.1) is 8.95 Å². The van der Waals surface area contributed by atoms with Crippen LogP contribution >= 0.6 is 47.8 Å². The molecule has 0 spiro atoms. The fraction of sp³-hybridized carbons (Fsp3) is 0.0769. The number of rotatable bonds is 3. The smallest absolute Gasteiger partial charge is 0.148 e. The lowest BCUT2D eigenvalue weighted by atomic mass is 10.2. The van der Waals surface area contributed by atoms with Crippen LogP contribution in [0, 0.1) is 5.82 Å². The van der Waals surface area contributed by atoms with Crippen molar-refractivity contribution in [2.45, 2.75) is 6.61 Å². The van der Waals surface area contributed by atoms with Crippen molar-refractivity contribution in [3.8, 4) is 5.75 Å². The summed E-state index contributed by atoms with van der Waals surface area (Å²) in [6.45, 7) is 0.321. The Morgan fingerprint density at radius 2 is 1.63 bits per heavy atom. The number of halogens is 4. The van der Waals surface area contributed by atoms with E-state index in [9.17, 15) is 4.39 Å². The first-order chi connectivity index (χ1) is 8.97. The Hall–Kier alpha value is -0.590. The van der Waals surface area contributed by atoms with E-state index >= 15 is 0 Å². The van der Waals surface area contributed by atoms with Crippen molar-refractivity contribution in [1.82, 2.24) is 0 Å². The van der Waals surface area contributed by atoms with Crippen LogP contribution in [0.3, 0.4) is 0 Å². The van der Waals surface area contributed by atoms with Crippen LogP contribution in [0.2, 0.25) is 0 Å². The predicted molar refractivity (Wildman–Crippen MR) is 84.7 cm³/mol. The Morgan fingerprint density at radius 1 is 1.00 bits per heavy atom. The quantitative estimate of drug-likeness (QED) is 0.642. The molecule has 2 rings (SSSR count). The van der Waals surface area contributed by atoms with Crippen molar-refractivity contribution >= 4 is 53.5 Å². The van der Waals surface area contributed by atoms with Crippen LogP contribution < -0.4 is 10.5 Å². The van der Waals surface area contributed by atoms with Crippen LogP contribution in [-0.4, -0.2) is 0 Å². The Bertz CT molecular complexity index is 596. The topological polar surface area (TPSA) is 35.2 Å². The van der Waals surface area contributed by atoms with E-state index in [4.69, 9.17) is 10.5 Å². The molecule has 2 nitrogen and oxygen atoms in total. The summed E-state index contributed by atoms with van der Waals surface area (Å²) >= 11 is 10.1. The second-order valence-electron chi connectivity index (χ2n) is 3.84. The van der Waals surface area contributed by atoms with E-state index in [2.05, 4.69) is 47.8 Å². The highest BCUT2D eigenvalue weighted by molar-refractivity contribution is 9.11. The Balaban J connectivity index is 2.19. The van der Waals surface area contributed by atoms with Gasteiger partial charge in [-0.15, -0.1) is 0 Å². The maximum absolute atomic E-state index is 13.0. The first kappa shape index (κ1) is 14.8. The average Bonchev–Trinajstić information content (AvgIpc) is 2.30. The molecular formula is C13H9Br3FNO. The summed E-state index contributed by atoms with van der Waals surface area (Å²) in [7, 11) is 0. The van der Waals surface area contributed by atoms with E-state index in [1.54, 1.807) is 18.2 Å². The number of hydrogen-bond donors (Lipinski definition) is 1. The molecule has 0 amide bonds. The number of ether oxygens (including phenoxy) is 1. The van der Waals surface area contributed by atoms with Crippen molar-refractivity contribution < 1.29 is 9.13 Å². The molecule has 19 heavy (non-hydrogen) atoms. The van der Waals surface area contributed by atoms with Gasteiger partial charge in [0.2, 0.25) is 0 Å². The third-order valence-electron chi connectivity index (χ3n) is 2.41. The van der Waals surface area contributed by atoms with Crippen molar-refractivity contribution in [3.05, 3.63) is 55.1 Å². The number of anilines is 1. The summed E-state index contributed by atoms with van der Waals surface area (Å²) in [4.78, 5) is 0. The van der Waals surface area contributed by atoms with Gasteiger partial charge in [-0.2, -0.15) is 0 Å². The fourth-order valence-corrected chi connectivity index (χ4v) is 3.42. The van der Waals surface area contributed by atoms with Gasteiger partial charge in [0, 0.05) is 15.7 Å². The van der Waals surface area contributed by atoms with Gasteiger partial charge in [-0.25, -0.2) is 4.39 Å². The molecule has 2 N–H and O–H groups in total. The largest absolute Gasteiger partial charge is 0.486 e. The lowest BCUT2D eigenvalue weighted by Crippen LogP contribution is -1.99. The molecular weight excluding hydrogens is 445 g/mol. The summed E-state index contributed by atoms with van der Waals surface area (Å²) in [5.74, 6) is 0.371. The normalized spacial score (nSPS) is 10.5. The zero-order valence-corrected chi connectivity index (χ0v) is 14.3. The van der Waals surface area contributed by atoms with Gasteiger partial charge in [0.25, 0.3) is 0 Å². The van der Waals surface area contributed by atoms with Gasteiger partial charge in [0.1, 0.15) is 18.2 Å². The minimum absolute atomic E-state index is 0.287. The fourth-order valence-electron chi connectivity index (χ4n) is 1.51. The van der Waals surface area contributed by atoms with Crippen molar-refractivity contribution in [3.63, 3.8) is 0 Å². The molecule has 100 valence electrons. The van der Waals surface area contributed by atoms with Gasteiger partial charge in [-0.3, -0.25) is 0 Å². The van der Waals surface area contributed by atoms with E-state index in [0.717, 1.165) is 14.5 Å². The highest BCUT2D eigenvalue weighted by atomic mass is 79.9. The van der Waals surface area contributed by atoms with Crippen molar-refractivity contribution in [2.75, 3.05) is 5.73 Å². The standard InChI is InChI=1S/C13H9Br3FNO/c14-10-3-8(17)2-1-7(10)6-19-13-11(15)4-9(18)5-12(13)16/h1-5H,6,18H2. The second-order valence-corrected chi connectivity index (χ2v) is 6.40. The summed E-state index contributed by atoms with van der Waals surface area (Å²) < 4.78 is 20.9. The molecule has 0 bridgehead atoms. The first-order valence-electron chi connectivity index (χ1n) is 5.28. The monoisotopic (exact) mass is 451 g/mol. The molecule has 0 aliphatic carbocycles. The number of nitrogens with two attached hydrogens (primary N) is 1. The molecule has 0 fully saturated rings. The summed E-state index contributed by atoms with van der Waals surface area (Å²) in [5, 5.41) is 0. The number of nitrogen functional groups attached to an aromatic ring is 1. The maximum atomic E-state index is 13.0. The molecule has 0 unspecified atom stereocenters. The molecule has 6 heteroatoms.